The number of nitrogens with zero attached hydrogens (tertiary/aromatic N) is 3. The zero-order chi connectivity index (χ0) is 17.9. The number of sulfone groups is 1. The standard InChI is InChI=1S/C16H23N3O4S2/c1-2-19(13-5-3-4-6-13)15(20)10-24-16-18-17-14(23-16)9-12-7-8-25(21,22)11-12/h5,12H,2-4,6-11H2,1H3/t12-/m0/s1. The first-order chi connectivity index (χ1) is 12.0. The highest BCUT2D eigenvalue weighted by Crippen LogP contribution is 2.25. The van der Waals surface area contributed by atoms with Crippen LogP contribution < -0.4 is 0 Å². The van der Waals surface area contributed by atoms with Gasteiger partial charge in [0.2, 0.25) is 11.8 Å². The van der Waals surface area contributed by atoms with E-state index in [4.69, 9.17) is 4.42 Å². The number of aromatic nitrogens is 2. The minimum Gasteiger partial charge on any atom is -0.416 e. The fourth-order valence-electron chi connectivity index (χ4n) is 3.30. The Hall–Kier alpha value is -1.35. The Kier molecular flexibility index (Phi) is 5.83. The highest BCUT2D eigenvalue weighted by atomic mass is 32.2. The van der Waals surface area contributed by atoms with Crippen LogP contribution in [0.5, 0.6) is 0 Å². The molecular formula is C16H23N3O4S2. The predicted molar refractivity (Wildman–Crippen MR) is 94.8 cm³/mol. The summed E-state index contributed by atoms with van der Waals surface area (Å²) in [5.74, 6) is 1.23. The van der Waals surface area contributed by atoms with Gasteiger partial charge in [-0.2, -0.15) is 0 Å². The van der Waals surface area contributed by atoms with Crippen molar-refractivity contribution in [3.8, 4) is 0 Å². The summed E-state index contributed by atoms with van der Waals surface area (Å²) < 4.78 is 28.6. The molecule has 0 saturated carbocycles. The summed E-state index contributed by atoms with van der Waals surface area (Å²) in [7, 11) is -2.90. The van der Waals surface area contributed by atoms with Gasteiger partial charge in [0.15, 0.2) is 9.84 Å². The van der Waals surface area contributed by atoms with Gasteiger partial charge in [-0.15, -0.1) is 10.2 Å². The maximum atomic E-state index is 12.4. The van der Waals surface area contributed by atoms with Gasteiger partial charge < -0.3 is 9.32 Å². The molecule has 2 aliphatic rings. The molecule has 1 amide bonds. The first-order valence-corrected chi connectivity index (χ1v) is 11.4. The Morgan fingerprint density at radius 3 is 2.92 bits per heavy atom. The fraction of sp³-hybridized carbons (Fsp3) is 0.688. The monoisotopic (exact) mass is 385 g/mol. The topological polar surface area (TPSA) is 93.4 Å². The Bertz CT molecular complexity index is 757. The van der Waals surface area contributed by atoms with Gasteiger partial charge in [-0.1, -0.05) is 17.8 Å². The van der Waals surface area contributed by atoms with Crippen LogP contribution in [0, 0.1) is 5.92 Å². The van der Waals surface area contributed by atoms with Crippen LogP contribution in [0.25, 0.3) is 0 Å². The quantitative estimate of drug-likeness (QED) is 0.663. The summed E-state index contributed by atoms with van der Waals surface area (Å²) in [5.41, 5.74) is 1.11. The summed E-state index contributed by atoms with van der Waals surface area (Å²) in [5, 5.41) is 8.30. The Balaban J connectivity index is 1.50. The molecule has 1 aromatic heterocycles. The molecule has 3 rings (SSSR count). The molecule has 1 aliphatic carbocycles. The highest BCUT2D eigenvalue weighted by Gasteiger charge is 2.29. The molecule has 0 N–H and O–H groups in total. The number of carbonyl (C=O) groups excluding carboxylic acids is 1. The second kappa shape index (κ2) is 7.90. The van der Waals surface area contributed by atoms with E-state index in [1.165, 1.54) is 11.8 Å². The molecule has 7 nitrogen and oxygen atoms in total. The third kappa shape index (κ3) is 4.84. The van der Waals surface area contributed by atoms with E-state index >= 15 is 0 Å². The average molecular weight is 386 g/mol. The van der Waals surface area contributed by atoms with Crippen molar-refractivity contribution in [2.45, 2.75) is 44.3 Å². The Morgan fingerprint density at radius 2 is 2.28 bits per heavy atom. The minimum atomic E-state index is -2.90. The van der Waals surface area contributed by atoms with E-state index in [0.29, 0.717) is 30.5 Å². The molecule has 0 aromatic carbocycles. The van der Waals surface area contributed by atoms with E-state index < -0.39 is 9.84 Å². The van der Waals surface area contributed by atoms with E-state index in [-0.39, 0.29) is 29.1 Å². The average Bonchev–Trinajstić information content (AvgIpc) is 3.29. The molecule has 1 aliphatic heterocycles. The van der Waals surface area contributed by atoms with Crippen LogP contribution in [-0.4, -0.2) is 53.2 Å². The third-order valence-corrected chi connectivity index (χ3v) is 7.18. The van der Waals surface area contributed by atoms with E-state index in [1.54, 1.807) is 0 Å². The molecule has 0 radical (unpaired) electrons. The van der Waals surface area contributed by atoms with Crippen LogP contribution in [0.3, 0.4) is 0 Å². The Morgan fingerprint density at radius 1 is 1.44 bits per heavy atom. The van der Waals surface area contributed by atoms with Gasteiger partial charge >= 0.3 is 0 Å². The zero-order valence-corrected chi connectivity index (χ0v) is 15.9. The summed E-state index contributed by atoms with van der Waals surface area (Å²) in [6.07, 6.45) is 6.36. The van der Waals surface area contributed by atoms with Crippen LogP contribution in [0.4, 0.5) is 0 Å². The lowest BCUT2D eigenvalue weighted by molar-refractivity contribution is -0.126. The molecule has 138 valence electrons. The molecule has 2 heterocycles. The van der Waals surface area contributed by atoms with Gasteiger partial charge in [-0.05, 0) is 38.5 Å². The highest BCUT2D eigenvalue weighted by molar-refractivity contribution is 7.99. The van der Waals surface area contributed by atoms with Gasteiger partial charge in [0.25, 0.3) is 5.22 Å². The van der Waals surface area contributed by atoms with E-state index in [2.05, 4.69) is 16.3 Å². The van der Waals surface area contributed by atoms with E-state index in [9.17, 15) is 13.2 Å². The first-order valence-electron chi connectivity index (χ1n) is 8.62. The zero-order valence-electron chi connectivity index (χ0n) is 14.3. The molecule has 9 heteroatoms. The maximum Gasteiger partial charge on any atom is 0.277 e. The predicted octanol–water partition coefficient (Wildman–Crippen LogP) is 2.06. The molecule has 1 saturated heterocycles. The van der Waals surface area contributed by atoms with Gasteiger partial charge in [0.1, 0.15) is 0 Å². The van der Waals surface area contributed by atoms with E-state index in [1.807, 2.05) is 11.8 Å². The van der Waals surface area contributed by atoms with Crippen LogP contribution in [0.2, 0.25) is 0 Å². The summed E-state index contributed by atoms with van der Waals surface area (Å²) in [6, 6.07) is 0. The lowest BCUT2D eigenvalue weighted by Gasteiger charge is -2.21. The van der Waals surface area contributed by atoms with Crippen LogP contribution in [0.15, 0.2) is 21.4 Å². The molecular weight excluding hydrogens is 362 g/mol. The molecule has 0 spiro atoms. The lowest BCUT2D eigenvalue weighted by atomic mass is 10.1. The SMILES string of the molecule is CCN(C(=O)CSc1nnc(C[C@@H]2CCS(=O)(=O)C2)o1)C1=CCCC1. The van der Waals surface area contributed by atoms with Crippen molar-refractivity contribution in [3.63, 3.8) is 0 Å². The molecule has 1 fully saturated rings. The van der Waals surface area contributed by atoms with Crippen molar-refractivity contribution in [1.29, 1.82) is 0 Å². The number of amides is 1. The number of hydrogen-bond acceptors (Lipinski definition) is 7. The van der Waals surface area contributed by atoms with Gasteiger partial charge in [-0.25, -0.2) is 8.42 Å². The second-order valence-corrected chi connectivity index (χ2v) is 9.60. The number of carbonyl (C=O) groups is 1. The number of hydrogen-bond donors (Lipinski definition) is 0. The number of rotatable bonds is 7. The number of thioether (sulfide) groups is 1. The third-order valence-electron chi connectivity index (χ3n) is 4.54. The minimum absolute atomic E-state index is 0.0438. The largest absolute Gasteiger partial charge is 0.416 e. The van der Waals surface area contributed by atoms with Crippen molar-refractivity contribution in [3.05, 3.63) is 17.7 Å². The molecule has 1 atom stereocenters. The van der Waals surface area contributed by atoms with Gasteiger partial charge in [0, 0.05) is 18.7 Å². The van der Waals surface area contributed by atoms with Crippen LogP contribution in [0.1, 0.15) is 38.5 Å². The van der Waals surface area contributed by atoms with Crippen molar-refractivity contribution < 1.29 is 17.6 Å². The molecule has 1 aromatic rings. The fourth-order valence-corrected chi connectivity index (χ4v) is 5.82. The normalized spacial score (nSPS) is 22.1. The lowest BCUT2D eigenvalue weighted by Crippen LogP contribution is -2.31. The molecule has 0 unspecified atom stereocenters. The van der Waals surface area contributed by atoms with Crippen molar-refractivity contribution in [1.82, 2.24) is 15.1 Å². The Labute approximate surface area is 152 Å². The van der Waals surface area contributed by atoms with Crippen molar-refractivity contribution in [2.24, 2.45) is 5.92 Å². The van der Waals surface area contributed by atoms with Crippen LogP contribution in [-0.2, 0) is 21.1 Å². The van der Waals surface area contributed by atoms with Crippen molar-refractivity contribution >= 4 is 27.5 Å². The summed E-state index contributed by atoms with van der Waals surface area (Å²) in [6.45, 7) is 2.64. The summed E-state index contributed by atoms with van der Waals surface area (Å²) >= 11 is 1.23. The van der Waals surface area contributed by atoms with Gasteiger partial charge in [-0.3, -0.25) is 4.79 Å². The molecule has 25 heavy (non-hydrogen) atoms. The van der Waals surface area contributed by atoms with Crippen molar-refractivity contribution in [2.75, 3.05) is 23.8 Å². The first kappa shape index (κ1) is 18.4. The second-order valence-electron chi connectivity index (χ2n) is 6.45. The van der Waals surface area contributed by atoms with Gasteiger partial charge in [0.05, 0.1) is 17.3 Å². The van der Waals surface area contributed by atoms with E-state index in [0.717, 1.165) is 25.0 Å². The summed E-state index contributed by atoms with van der Waals surface area (Å²) in [4.78, 5) is 14.2. The smallest absolute Gasteiger partial charge is 0.277 e. The maximum absolute atomic E-state index is 12.4. The number of allylic oxidation sites excluding steroid dienone is 2. The van der Waals surface area contributed by atoms with Crippen LogP contribution >= 0.6 is 11.8 Å². The molecule has 0 bridgehead atoms.